The molecular weight excluding hydrogens is 496 g/mol. The monoisotopic (exact) mass is 534 g/mol. The number of nitrogens with one attached hydrogen (secondary N) is 4. The van der Waals surface area contributed by atoms with Crippen LogP contribution < -0.4 is 32.7 Å². The number of rotatable bonds is 15. The van der Waals surface area contributed by atoms with Gasteiger partial charge in [-0.3, -0.25) is 28.8 Å². The highest BCUT2D eigenvalue weighted by atomic mass is 16.3. The maximum Gasteiger partial charge on any atom is 0.245 e. The van der Waals surface area contributed by atoms with Gasteiger partial charge in [0.05, 0.1) is 12.5 Å². The Labute approximate surface area is 221 Å². The Morgan fingerprint density at radius 1 is 0.789 bits per heavy atom. The van der Waals surface area contributed by atoms with Crippen molar-refractivity contribution in [1.29, 1.82) is 0 Å². The molecule has 0 saturated carbocycles. The van der Waals surface area contributed by atoms with Crippen LogP contribution >= 0.6 is 0 Å². The number of amides is 6. The first-order valence-electron chi connectivity index (χ1n) is 12.2. The van der Waals surface area contributed by atoms with E-state index in [0.29, 0.717) is 0 Å². The lowest BCUT2D eigenvalue weighted by Crippen LogP contribution is -2.60. The SMILES string of the molecule is CC(=O)N[C@H](C(=O)N[C@@H](CC(C)C)C(=O)N[C@@H](CC(N)=O)C(=O)N[C@@H](Cc1ccccc1)C(N)=O)[C@@H](C)O. The van der Waals surface area contributed by atoms with Gasteiger partial charge < -0.3 is 37.8 Å². The van der Waals surface area contributed by atoms with Gasteiger partial charge in [-0.05, 0) is 24.8 Å². The number of primary amides is 2. The normalized spacial score (nSPS) is 14.8. The van der Waals surface area contributed by atoms with Gasteiger partial charge in [0.25, 0.3) is 0 Å². The third kappa shape index (κ3) is 11.4. The summed E-state index contributed by atoms with van der Waals surface area (Å²) in [4.78, 5) is 73.9. The van der Waals surface area contributed by atoms with E-state index < -0.39 is 72.1 Å². The number of nitrogens with two attached hydrogens (primary N) is 2. The molecule has 210 valence electrons. The second kappa shape index (κ2) is 15.3. The Morgan fingerprint density at radius 2 is 1.32 bits per heavy atom. The Hall–Kier alpha value is -4.00. The summed E-state index contributed by atoms with van der Waals surface area (Å²) < 4.78 is 0. The van der Waals surface area contributed by atoms with Crippen molar-refractivity contribution in [2.45, 2.75) is 77.2 Å². The molecule has 0 spiro atoms. The molecule has 1 aromatic carbocycles. The molecule has 13 nitrogen and oxygen atoms in total. The molecule has 0 fully saturated rings. The zero-order chi connectivity index (χ0) is 29.0. The molecule has 38 heavy (non-hydrogen) atoms. The predicted octanol–water partition coefficient (Wildman–Crippen LogP) is -2.02. The van der Waals surface area contributed by atoms with Crippen molar-refractivity contribution in [3.05, 3.63) is 35.9 Å². The van der Waals surface area contributed by atoms with Crippen LogP contribution in [0, 0.1) is 5.92 Å². The standard InChI is InChI=1S/C25H38N6O7/c1-13(2)10-18(31-25(38)21(14(3)32)28-15(4)33)23(36)30-19(12-20(26)34)24(37)29-17(22(27)35)11-16-8-6-5-7-9-16/h5-9,13-14,17-19,21,32H,10-12H2,1-4H3,(H2,26,34)(H2,27,35)(H,28,33)(H,29,37)(H,30,36)(H,31,38)/t14-,17+,18+,19+,21+/m1/s1. The second-order valence-corrected chi connectivity index (χ2v) is 9.49. The van der Waals surface area contributed by atoms with E-state index in [1.807, 2.05) is 0 Å². The fourth-order valence-corrected chi connectivity index (χ4v) is 3.62. The zero-order valence-corrected chi connectivity index (χ0v) is 22.0. The van der Waals surface area contributed by atoms with Crippen LogP contribution in [0.4, 0.5) is 0 Å². The number of carbonyl (C=O) groups excluding carboxylic acids is 6. The molecule has 0 aromatic heterocycles. The molecule has 0 bridgehead atoms. The predicted molar refractivity (Wildman–Crippen MR) is 138 cm³/mol. The third-order valence-corrected chi connectivity index (χ3v) is 5.44. The molecule has 0 unspecified atom stereocenters. The highest BCUT2D eigenvalue weighted by molar-refractivity contribution is 5.97. The van der Waals surface area contributed by atoms with Gasteiger partial charge in [0.2, 0.25) is 35.4 Å². The van der Waals surface area contributed by atoms with Crippen LogP contribution in [0.3, 0.4) is 0 Å². The summed E-state index contributed by atoms with van der Waals surface area (Å²) in [7, 11) is 0. The average molecular weight is 535 g/mol. The summed E-state index contributed by atoms with van der Waals surface area (Å²) in [5.74, 6) is -4.86. The molecule has 1 aromatic rings. The fraction of sp³-hybridized carbons (Fsp3) is 0.520. The molecule has 5 atom stereocenters. The number of aliphatic hydroxyl groups is 1. The van der Waals surface area contributed by atoms with Gasteiger partial charge in [0.1, 0.15) is 24.2 Å². The van der Waals surface area contributed by atoms with Crippen LogP contribution in [0.25, 0.3) is 0 Å². The number of benzene rings is 1. The number of aliphatic hydroxyl groups excluding tert-OH is 1. The van der Waals surface area contributed by atoms with Crippen molar-refractivity contribution in [2.24, 2.45) is 17.4 Å². The summed E-state index contributed by atoms with van der Waals surface area (Å²) in [5, 5.41) is 19.5. The first-order chi connectivity index (χ1) is 17.7. The lowest BCUT2D eigenvalue weighted by atomic mass is 10.0. The third-order valence-electron chi connectivity index (χ3n) is 5.44. The van der Waals surface area contributed by atoms with Crippen molar-refractivity contribution in [2.75, 3.05) is 0 Å². The van der Waals surface area contributed by atoms with Crippen molar-refractivity contribution in [3.8, 4) is 0 Å². The van der Waals surface area contributed by atoms with Crippen LogP contribution in [-0.4, -0.2) is 70.8 Å². The summed E-state index contributed by atoms with van der Waals surface area (Å²) in [6.45, 7) is 6.06. The van der Waals surface area contributed by atoms with Gasteiger partial charge >= 0.3 is 0 Å². The van der Waals surface area contributed by atoms with Gasteiger partial charge in [-0.1, -0.05) is 44.2 Å². The topological polar surface area (TPSA) is 223 Å². The quantitative estimate of drug-likeness (QED) is 0.134. The van der Waals surface area contributed by atoms with E-state index in [-0.39, 0.29) is 18.8 Å². The molecule has 9 N–H and O–H groups in total. The first-order valence-corrected chi connectivity index (χ1v) is 12.2. The maximum atomic E-state index is 13.1. The zero-order valence-electron chi connectivity index (χ0n) is 22.0. The van der Waals surface area contributed by atoms with Crippen molar-refractivity contribution >= 4 is 35.4 Å². The van der Waals surface area contributed by atoms with Crippen LogP contribution in [0.5, 0.6) is 0 Å². The largest absolute Gasteiger partial charge is 0.391 e. The van der Waals surface area contributed by atoms with E-state index in [2.05, 4.69) is 21.3 Å². The molecule has 0 aliphatic carbocycles. The van der Waals surface area contributed by atoms with Crippen molar-refractivity contribution in [1.82, 2.24) is 21.3 Å². The van der Waals surface area contributed by atoms with E-state index in [1.54, 1.807) is 44.2 Å². The van der Waals surface area contributed by atoms with E-state index in [1.165, 1.54) is 13.8 Å². The van der Waals surface area contributed by atoms with E-state index in [4.69, 9.17) is 11.5 Å². The molecular formula is C25H38N6O7. The first kappa shape index (κ1) is 32.0. The minimum Gasteiger partial charge on any atom is -0.391 e. The molecule has 0 radical (unpaired) electrons. The molecule has 0 aliphatic heterocycles. The van der Waals surface area contributed by atoms with E-state index in [0.717, 1.165) is 5.56 Å². The molecule has 13 heteroatoms. The average Bonchev–Trinajstić information content (AvgIpc) is 2.80. The lowest BCUT2D eigenvalue weighted by Gasteiger charge is -2.27. The van der Waals surface area contributed by atoms with Crippen LogP contribution in [0.15, 0.2) is 30.3 Å². The Kier molecular flexibility index (Phi) is 12.9. The molecule has 1 rings (SSSR count). The van der Waals surface area contributed by atoms with Gasteiger partial charge in [-0.15, -0.1) is 0 Å². The molecule has 0 saturated heterocycles. The minimum absolute atomic E-state index is 0.0784. The van der Waals surface area contributed by atoms with Crippen LogP contribution in [-0.2, 0) is 35.2 Å². The molecule has 6 amide bonds. The molecule has 0 aliphatic rings. The Balaban J connectivity index is 3.08. The Bertz CT molecular complexity index is 999. The maximum absolute atomic E-state index is 13.1. The molecule has 0 heterocycles. The van der Waals surface area contributed by atoms with Crippen molar-refractivity contribution < 1.29 is 33.9 Å². The lowest BCUT2D eigenvalue weighted by molar-refractivity contribution is -0.136. The smallest absolute Gasteiger partial charge is 0.245 e. The Morgan fingerprint density at radius 3 is 1.79 bits per heavy atom. The summed E-state index contributed by atoms with van der Waals surface area (Å²) >= 11 is 0. The van der Waals surface area contributed by atoms with Crippen molar-refractivity contribution in [3.63, 3.8) is 0 Å². The van der Waals surface area contributed by atoms with Gasteiger partial charge in [-0.25, -0.2) is 0 Å². The van der Waals surface area contributed by atoms with Crippen LogP contribution in [0.1, 0.15) is 46.1 Å². The highest BCUT2D eigenvalue weighted by Gasteiger charge is 2.33. The fourth-order valence-electron chi connectivity index (χ4n) is 3.62. The minimum atomic E-state index is -1.47. The number of hydrogen-bond donors (Lipinski definition) is 7. The number of hydrogen-bond acceptors (Lipinski definition) is 7. The van der Waals surface area contributed by atoms with Gasteiger partial charge in [0.15, 0.2) is 0 Å². The highest BCUT2D eigenvalue weighted by Crippen LogP contribution is 2.08. The van der Waals surface area contributed by atoms with E-state index >= 15 is 0 Å². The number of carbonyl (C=O) groups is 6. The summed E-state index contributed by atoms with van der Waals surface area (Å²) in [6.07, 6.45) is -1.63. The summed E-state index contributed by atoms with van der Waals surface area (Å²) in [6, 6.07) is 3.67. The van der Waals surface area contributed by atoms with Gasteiger partial charge in [-0.2, -0.15) is 0 Å². The summed E-state index contributed by atoms with van der Waals surface area (Å²) in [5.41, 5.74) is 11.4. The second-order valence-electron chi connectivity index (χ2n) is 9.49. The van der Waals surface area contributed by atoms with Gasteiger partial charge in [0, 0.05) is 13.3 Å². The van der Waals surface area contributed by atoms with Crippen LogP contribution in [0.2, 0.25) is 0 Å². The van der Waals surface area contributed by atoms with E-state index in [9.17, 15) is 33.9 Å².